The van der Waals surface area contributed by atoms with Gasteiger partial charge in [0.25, 0.3) is 0 Å². The fraction of sp³-hybridized carbons (Fsp3) is 0.731. The molecular formula is C26H36N4O16. The summed E-state index contributed by atoms with van der Waals surface area (Å²) in [5.74, 6) is -5.75. The first-order valence-electron chi connectivity index (χ1n) is 13.8. The van der Waals surface area contributed by atoms with Crippen molar-refractivity contribution in [2.75, 3.05) is 13.2 Å². The van der Waals surface area contributed by atoms with Crippen LogP contribution in [0.2, 0.25) is 0 Å². The predicted octanol–water partition coefficient (Wildman–Crippen LogP) is -0.511. The Morgan fingerprint density at radius 2 is 1.09 bits per heavy atom. The van der Waals surface area contributed by atoms with Gasteiger partial charge < -0.3 is 47.9 Å². The van der Waals surface area contributed by atoms with E-state index in [0.717, 1.165) is 48.5 Å². The summed E-state index contributed by atoms with van der Waals surface area (Å²) in [6.07, 6.45) is -14.0. The second-order valence-corrected chi connectivity index (χ2v) is 10.0. The maximum atomic E-state index is 12.3. The summed E-state index contributed by atoms with van der Waals surface area (Å²) < 4.78 is 49.8. The molecule has 0 spiro atoms. The van der Waals surface area contributed by atoms with E-state index in [9.17, 15) is 33.6 Å². The number of azide groups is 1. The molecule has 1 amide bonds. The van der Waals surface area contributed by atoms with Crippen LogP contribution in [0.1, 0.15) is 48.5 Å². The van der Waals surface area contributed by atoms with Crippen LogP contribution in [0.5, 0.6) is 0 Å². The Morgan fingerprint density at radius 3 is 1.54 bits per heavy atom. The highest BCUT2D eigenvalue weighted by molar-refractivity contribution is 5.73. The third-order valence-electron chi connectivity index (χ3n) is 6.19. The summed E-state index contributed by atoms with van der Waals surface area (Å²) >= 11 is 0. The van der Waals surface area contributed by atoms with E-state index in [-0.39, 0.29) is 0 Å². The summed E-state index contributed by atoms with van der Waals surface area (Å²) in [5.41, 5.74) is 9.16. The van der Waals surface area contributed by atoms with Crippen LogP contribution in [0, 0.1) is 0 Å². The summed E-state index contributed by atoms with van der Waals surface area (Å²) in [5, 5.41) is 5.99. The third kappa shape index (κ3) is 11.1. The zero-order valence-corrected chi connectivity index (χ0v) is 26.1. The number of rotatable bonds is 12. The van der Waals surface area contributed by atoms with Gasteiger partial charge >= 0.3 is 35.8 Å². The van der Waals surface area contributed by atoms with E-state index in [1.807, 2.05) is 0 Å². The number of amides is 1. The average molecular weight is 661 g/mol. The third-order valence-corrected chi connectivity index (χ3v) is 6.19. The fourth-order valence-corrected chi connectivity index (χ4v) is 4.74. The van der Waals surface area contributed by atoms with E-state index in [1.165, 1.54) is 0 Å². The van der Waals surface area contributed by atoms with Crippen molar-refractivity contribution >= 4 is 41.7 Å². The van der Waals surface area contributed by atoms with Crippen molar-refractivity contribution < 1.29 is 76.2 Å². The quantitative estimate of drug-likeness (QED) is 0.0908. The van der Waals surface area contributed by atoms with Crippen LogP contribution < -0.4 is 5.32 Å². The Labute approximate surface area is 262 Å². The van der Waals surface area contributed by atoms with E-state index in [0.29, 0.717) is 0 Å². The summed E-state index contributed by atoms with van der Waals surface area (Å²) in [6.45, 7) is 6.27. The maximum absolute atomic E-state index is 12.3. The van der Waals surface area contributed by atoms with Crippen LogP contribution in [0.3, 0.4) is 0 Å². The lowest BCUT2D eigenvalue weighted by atomic mass is 9.94. The second kappa shape index (κ2) is 17.2. The van der Waals surface area contributed by atoms with Crippen molar-refractivity contribution in [3.63, 3.8) is 0 Å². The van der Waals surface area contributed by atoms with E-state index < -0.39 is 116 Å². The molecule has 2 aliphatic heterocycles. The summed E-state index contributed by atoms with van der Waals surface area (Å²) in [4.78, 5) is 87.0. The number of esters is 6. The van der Waals surface area contributed by atoms with Crippen LogP contribution in [0.25, 0.3) is 10.4 Å². The molecule has 2 fully saturated rings. The predicted molar refractivity (Wildman–Crippen MR) is 144 cm³/mol. The first-order valence-corrected chi connectivity index (χ1v) is 13.8. The lowest BCUT2D eigenvalue weighted by Gasteiger charge is -2.48. The molecule has 2 heterocycles. The van der Waals surface area contributed by atoms with E-state index in [2.05, 4.69) is 15.3 Å². The monoisotopic (exact) mass is 660 g/mol. The van der Waals surface area contributed by atoms with Crippen molar-refractivity contribution in [1.29, 1.82) is 0 Å². The molecule has 0 bridgehead atoms. The highest BCUT2D eigenvalue weighted by Gasteiger charge is 2.56. The van der Waals surface area contributed by atoms with E-state index in [1.54, 1.807) is 0 Å². The molecule has 20 heteroatoms. The summed E-state index contributed by atoms with van der Waals surface area (Å²) in [7, 11) is 0. The second-order valence-electron chi connectivity index (χ2n) is 10.0. The largest absolute Gasteiger partial charge is 0.463 e. The number of hydrogen-bond donors (Lipinski definition) is 1. The molecule has 10 atom stereocenters. The van der Waals surface area contributed by atoms with Gasteiger partial charge in [0.05, 0.1) is 0 Å². The molecule has 256 valence electrons. The Bertz CT molecular complexity index is 1220. The number of nitrogens with zero attached hydrogens (tertiary/aromatic N) is 3. The molecule has 2 saturated heterocycles. The Hall–Kier alpha value is -4.52. The maximum Gasteiger partial charge on any atom is 0.303 e. The minimum absolute atomic E-state index is 0.573. The molecule has 0 unspecified atom stereocenters. The summed E-state index contributed by atoms with van der Waals surface area (Å²) in [6, 6.07) is -1.39. The number of hydrogen-bond acceptors (Lipinski definition) is 17. The molecule has 46 heavy (non-hydrogen) atoms. The molecular weight excluding hydrogens is 624 g/mol. The fourth-order valence-electron chi connectivity index (χ4n) is 4.74. The molecule has 20 nitrogen and oxygen atoms in total. The Balaban J connectivity index is 2.73. The molecule has 2 rings (SSSR count). The average Bonchev–Trinajstić information content (AvgIpc) is 2.91. The van der Waals surface area contributed by atoms with Crippen molar-refractivity contribution in [2.24, 2.45) is 5.11 Å². The molecule has 0 aromatic rings. The van der Waals surface area contributed by atoms with Crippen molar-refractivity contribution in [3.8, 4) is 0 Å². The SMILES string of the molecule is CC(=O)N[C@@H]1[C@@H](OC(C)=O)[C@H](O[C@@H]2O[C@H](COC(C)=O)[C@H](OC(C)=O)[C@H](OC(C)=O)[C@H]2OC(C)=O)[C@@H](COC(C)=O)O[C@H]1N=[N+]=[N-]. The molecule has 0 saturated carbocycles. The smallest absolute Gasteiger partial charge is 0.303 e. The van der Waals surface area contributed by atoms with Gasteiger partial charge in [0.15, 0.2) is 36.9 Å². The number of ether oxygens (including phenoxy) is 9. The Kier molecular flexibility index (Phi) is 14.1. The van der Waals surface area contributed by atoms with Crippen LogP contribution >= 0.6 is 0 Å². The number of carbonyl (C=O) groups excluding carboxylic acids is 7. The van der Waals surface area contributed by atoms with E-state index >= 15 is 0 Å². The standard InChI is InChI=1S/C26H36N4O16/c1-10(31)28-19-22(41-14(5)35)20(17(8-38-11(2)32)44-25(19)29-30-27)46-26-24(43-16(7)37)23(42-15(6)36)21(40-13(4)34)18(45-26)9-39-12(3)33/h17-26H,8-9H2,1-7H3,(H,28,31)/t17-,18-,19-,20-,21+,22-,23+,24-,25-,26+/m1/s1. The van der Waals surface area contributed by atoms with Gasteiger partial charge in [0, 0.05) is 53.4 Å². The lowest BCUT2D eigenvalue weighted by Crippen LogP contribution is -2.68. The first kappa shape index (κ1) is 37.7. The zero-order valence-electron chi connectivity index (χ0n) is 26.1. The minimum atomic E-state index is -1.79. The van der Waals surface area contributed by atoms with E-state index in [4.69, 9.17) is 48.2 Å². The minimum Gasteiger partial charge on any atom is -0.463 e. The van der Waals surface area contributed by atoms with Gasteiger partial charge in [-0.15, -0.1) is 0 Å². The van der Waals surface area contributed by atoms with Crippen molar-refractivity contribution in [2.45, 2.75) is 110 Å². The van der Waals surface area contributed by atoms with Gasteiger partial charge in [-0.2, -0.15) is 0 Å². The molecule has 0 aromatic heterocycles. The normalized spacial score (nSPS) is 30.3. The molecule has 0 radical (unpaired) electrons. The zero-order chi connectivity index (χ0) is 34.7. The van der Waals surface area contributed by atoms with Crippen LogP contribution in [-0.2, 0) is 76.2 Å². The van der Waals surface area contributed by atoms with Gasteiger partial charge in [-0.05, 0) is 5.53 Å². The highest BCUT2D eigenvalue weighted by Crippen LogP contribution is 2.34. The highest BCUT2D eigenvalue weighted by atomic mass is 16.8. The van der Waals surface area contributed by atoms with Gasteiger partial charge in [0.1, 0.15) is 37.6 Å². The molecule has 0 aliphatic carbocycles. The first-order chi connectivity index (χ1) is 21.5. The van der Waals surface area contributed by atoms with Crippen LogP contribution in [0.4, 0.5) is 0 Å². The topological polar surface area (TPSA) is 263 Å². The van der Waals surface area contributed by atoms with Gasteiger partial charge in [0.2, 0.25) is 5.91 Å². The molecule has 1 N–H and O–H groups in total. The van der Waals surface area contributed by atoms with Gasteiger partial charge in [-0.25, -0.2) is 0 Å². The number of nitrogens with one attached hydrogen (secondary N) is 1. The Morgan fingerprint density at radius 1 is 0.630 bits per heavy atom. The van der Waals surface area contributed by atoms with Gasteiger partial charge in [-0.1, -0.05) is 5.11 Å². The molecule has 0 aromatic carbocycles. The van der Waals surface area contributed by atoms with Crippen LogP contribution in [0.15, 0.2) is 5.11 Å². The lowest BCUT2D eigenvalue weighted by molar-refractivity contribution is -0.339. The number of carbonyl (C=O) groups is 7. The van der Waals surface area contributed by atoms with Gasteiger partial charge in [-0.3, -0.25) is 33.6 Å². The molecule has 2 aliphatic rings. The van der Waals surface area contributed by atoms with Crippen molar-refractivity contribution in [3.05, 3.63) is 10.4 Å². The van der Waals surface area contributed by atoms with Crippen molar-refractivity contribution in [1.82, 2.24) is 5.32 Å². The van der Waals surface area contributed by atoms with Crippen LogP contribution in [-0.4, -0.2) is 116 Å².